The van der Waals surface area contributed by atoms with E-state index < -0.39 is 16.0 Å². The van der Waals surface area contributed by atoms with Crippen LogP contribution in [-0.4, -0.2) is 50.6 Å². The number of benzene rings is 1. The average Bonchev–Trinajstić information content (AvgIpc) is 2.91. The van der Waals surface area contributed by atoms with Crippen LogP contribution >= 0.6 is 15.9 Å². The van der Waals surface area contributed by atoms with Gasteiger partial charge in [0, 0.05) is 17.6 Å². The van der Waals surface area contributed by atoms with Crippen LogP contribution in [0.1, 0.15) is 23.2 Å². The highest BCUT2D eigenvalue weighted by molar-refractivity contribution is 9.10. The Bertz CT molecular complexity index is 627. The lowest BCUT2D eigenvalue weighted by Crippen LogP contribution is -2.33. The normalized spacial score (nSPS) is 16.2. The summed E-state index contributed by atoms with van der Waals surface area (Å²) in [5, 5.41) is 8.95. The van der Waals surface area contributed by atoms with Gasteiger partial charge in [-0.1, -0.05) is 0 Å². The Kier molecular flexibility index (Phi) is 5.37. The molecule has 8 heteroatoms. The van der Waals surface area contributed by atoms with Gasteiger partial charge in [0.2, 0.25) is 10.0 Å². The fourth-order valence-electron chi connectivity index (χ4n) is 2.26. The number of carboxylic acids is 1. The van der Waals surface area contributed by atoms with Crippen molar-refractivity contribution in [3.05, 3.63) is 28.2 Å². The molecule has 1 aromatic carbocycles. The molecule has 2 N–H and O–H groups in total. The molecule has 0 saturated carbocycles. The summed E-state index contributed by atoms with van der Waals surface area (Å²) in [5.74, 6) is -1.16. The number of hydrogen-bond donors (Lipinski definition) is 2. The first-order valence-electron chi connectivity index (χ1n) is 6.65. The topological polar surface area (TPSA) is 86.7 Å². The molecule has 21 heavy (non-hydrogen) atoms. The van der Waals surface area contributed by atoms with Gasteiger partial charge in [-0.3, -0.25) is 0 Å². The largest absolute Gasteiger partial charge is 0.478 e. The van der Waals surface area contributed by atoms with Crippen molar-refractivity contribution in [3.63, 3.8) is 0 Å². The van der Waals surface area contributed by atoms with E-state index in [4.69, 9.17) is 5.11 Å². The summed E-state index contributed by atoms with van der Waals surface area (Å²) in [5.41, 5.74) is -0.0573. The van der Waals surface area contributed by atoms with Crippen LogP contribution in [0.25, 0.3) is 0 Å². The molecule has 0 spiro atoms. The van der Waals surface area contributed by atoms with Gasteiger partial charge >= 0.3 is 5.97 Å². The number of rotatable bonds is 6. The molecule has 1 fully saturated rings. The third-order valence-corrected chi connectivity index (χ3v) is 5.84. The molecule has 0 bridgehead atoms. The number of nitrogens with one attached hydrogen (secondary N) is 1. The van der Waals surface area contributed by atoms with Crippen molar-refractivity contribution < 1.29 is 18.3 Å². The van der Waals surface area contributed by atoms with Crippen molar-refractivity contribution in [1.82, 2.24) is 9.62 Å². The van der Waals surface area contributed by atoms with Crippen molar-refractivity contribution >= 4 is 31.9 Å². The van der Waals surface area contributed by atoms with Gasteiger partial charge in [-0.25, -0.2) is 17.9 Å². The van der Waals surface area contributed by atoms with E-state index in [1.165, 1.54) is 12.1 Å². The Morgan fingerprint density at radius 3 is 2.62 bits per heavy atom. The number of nitrogens with zero attached hydrogens (tertiary/aromatic N) is 1. The van der Waals surface area contributed by atoms with Gasteiger partial charge in [-0.05, 0) is 60.1 Å². The minimum Gasteiger partial charge on any atom is -0.478 e. The molecule has 0 atom stereocenters. The zero-order valence-electron chi connectivity index (χ0n) is 11.4. The molecule has 0 radical (unpaired) electrons. The standard InChI is InChI=1S/C13H17BrN2O4S/c14-11-4-3-10(13(17)18)9-12(11)21(19,20)15-5-8-16-6-1-2-7-16/h3-4,9,15H,1-2,5-8H2,(H,17,18). The summed E-state index contributed by atoms with van der Waals surface area (Å²) in [6, 6.07) is 3.94. The maximum atomic E-state index is 12.2. The SMILES string of the molecule is O=C(O)c1ccc(Br)c(S(=O)(=O)NCCN2CCCC2)c1. The smallest absolute Gasteiger partial charge is 0.335 e. The van der Waals surface area contributed by atoms with Crippen LogP contribution in [0.15, 0.2) is 27.6 Å². The van der Waals surface area contributed by atoms with Gasteiger partial charge in [0.25, 0.3) is 0 Å². The van der Waals surface area contributed by atoms with E-state index in [0.29, 0.717) is 17.6 Å². The molecule has 1 aromatic rings. The second-order valence-corrected chi connectivity index (χ2v) is 7.49. The minimum atomic E-state index is -3.73. The third kappa shape index (κ3) is 4.26. The lowest BCUT2D eigenvalue weighted by molar-refractivity contribution is 0.0696. The lowest BCUT2D eigenvalue weighted by atomic mass is 10.2. The van der Waals surface area contributed by atoms with E-state index in [9.17, 15) is 13.2 Å². The van der Waals surface area contributed by atoms with Crippen LogP contribution < -0.4 is 4.72 Å². The van der Waals surface area contributed by atoms with E-state index in [0.717, 1.165) is 32.0 Å². The van der Waals surface area contributed by atoms with Gasteiger partial charge in [0.1, 0.15) is 0 Å². The Morgan fingerprint density at radius 1 is 1.33 bits per heavy atom. The highest BCUT2D eigenvalue weighted by atomic mass is 79.9. The van der Waals surface area contributed by atoms with E-state index in [2.05, 4.69) is 25.6 Å². The molecule has 1 heterocycles. The van der Waals surface area contributed by atoms with Crippen LogP contribution in [-0.2, 0) is 10.0 Å². The second kappa shape index (κ2) is 6.87. The molecule has 1 saturated heterocycles. The monoisotopic (exact) mass is 376 g/mol. The first kappa shape index (κ1) is 16.4. The second-order valence-electron chi connectivity index (χ2n) is 4.90. The predicted molar refractivity (Wildman–Crippen MR) is 82.0 cm³/mol. The van der Waals surface area contributed by atoms with Gasteiger partial charge in [-0.15, -0.1) is 0 Å². The number of halogens is 1. The molecule has 0 aliphatic carbocycles. The molecule has 116 valence electrons. The van der Waals surface area contributed by atoms with Crippen LogP contribution in [0.3, 0.4) is 0 Å². The van der Waals surface area contributed by atoms with Gasteiger partial charge in [-0.2, -0.15) is 0 Å². The van der Waals surface area contributed by atoms with Crippen molar-refractivity contribution in [2.45, 2.75) is 17.7 Å². The number of hydrogen-bond acceptors (Lipinski definition) is 4. The van der Waals surface area contributed by atoms with Crippen molar-refractivity contribution in [1.29, 1.82) is 0 Å². The Hall–Kier alpha value is -0.960. The van der Waals surface area contributed by atoms with Crippen LogP contribution in [0.2, 0.25) is 0 Å². The molecular formula is C13H17BrN2O4S. The zero-order chi connectivity index (χ0) is 15.5. The summed E-state index contributed by atoms with van der Waals surface area (Å²) < 4.78 is 27.4. The molecule has 1 aliphatic heterocycles. The number of carbonyl (C=O) groups is 1. The fraction of sp³-hybridized carbons (Fsp3) is 0.462. The summed E-state index contributed by atoms with van der Waals surface area (Å²) >= 11 is 3.15. The van der Waals surface area contributed by atoms with E-state index in [1.54, 1.807) is 0 Å². The highest BCUT2D eigenvalue weighted by Crippen LogP contribution is 2.23. The maximum absolute atomic E-state index is 12.2. The van der Waals surface area contributed by atoms with Gasteiger partial charge < -0.3 is 10.0 Å². The van der Waals surface area contributed by atoms with Crippen LogP contribution in [0.4, 0.5) is 0 Å². The summed E-state index contributed by atoms with van der Waals surface area (Å²) in [4.78, 5) is 13.1. The van der Waals surface area contributed by atoms with Crippen molar-refractivity contribution in [2.75, 3.05) is 26.2 Å². The fourth-order valence-corrected chi connectivity index (χ4v) is 4.27. The quantitative estimate of drug-likeness (QED) is 0.785. The molecule has 0 unspecified atom stereocenters. The predicted octanol–water partition coefficient (Wildman–Crippen LogP) is 1.52. The highest BCUT2D eigenvalue weighted by Gasteiger charge is 2.20. The first-order valence-corrected chi connectivity index (χ1v) is 8.92. The summed E-state index contributed by atoms with van der Waals surface area (Å²) in [7, 11) is -3.73. The molecule has 0 aromatic heterocycles. The Morgan fingerprint density at radius 2 is 2.00 bits per heavy atom. The van der Waals surface area contributed by atoms with Crippen LogP contribution in [0, 0.1) is 0 Å². The molecule has 0 amide bonds. The number of likely N-dealkylation sites (tertiary alicyclic amines) is 1. The van der Waals surface area contributed by atoms with Crippen LogP contribution in [0.5, 0.6) is 0 Å². The van der Waals surface area contributed by atoms with Gasteiger partial charge in [0.15, 0.2) is 0 Å². The summed E-state index contributed by atoms with van der Waals surface area (Å²) in [6.07, 6.45) is 2.30. The molecule has 1 aliphatic rings. The Labute approximate surface area is 132 Å². The molecule has 2 rings (SSSR count). The number of aromatic carboxylic acids is 1. The van der Waals surface area contributed by atoms with E-state index in [1.807, 2.05) is 0 Å². The summed E-state index contributed by atoms with van der Waals surface area (Å²) in [6.45, 7) is 2.97. The minimum absolute atomic E-state index is 0.0520. The molecular weight excluding hydrogens is 360 g/mol. The average molecular weight is 377 g/mol. The molecule has 6 nitrogen and oxygen atoms in total. The third-order valence-electron chi connectivity index (χ3n) is 3.39. The zero-order valence-corrected chi connectivity index (χ0v) is 13.8. The Balaban J connectivity index is 2.07. The van der Waals surface area contributed by atoms with Gasteiger partial charge in [0.05, 0.1) is 10.5 Å². The number of carboxylic acid groups (broad SMARTS) is 1. The van der Waals surface area contributed by atoms with E-state index in [-0.39, 0.29) is 10.5 Å². The number of sulfonamides is 1. The van der Waals surface area contributed by atoms with Crippen molar-refractivity contribution in [3.8, 4) is 0 Å². The van der Waals surface area contributed by atoms with E-state index >= 15 is 0 Å². The lowest BCUT2D eigenvalue weighted by Gasteiger charge is -2.15. The maximum Gasteiger partial charge on any atom is 0.335 e. The van der Waals surface area contributed by atoms with Crippen molar-refractivity contribution in [2.24, 2.45) is 0 Å². The first-order chi connectivity index (χ1) is 9.90.